The molecule has 0 aliphatic heterocycles. The van der Waals surface area contributed by atoms with Crippen molar-refractivity contribution >= 4 is 17.7 Å². The number of aliphatic imine (C=N–C) groups is 1. The summed E-state index contributed by atoms with van der Waals surface area (Å²) in [6.07, 6.45) is 2.54. The van der Waals surface area contributed by atoms with Gasteiger partial charge in [0, 0.05) is 11.1 Å². The number of carbonyl (C=O) groups is 2. The van der Waals surface area contributed by atoms with Crippen LogP contribution in [0.4, 0.5) is 0 Å². The molecule has 3 aromatic carbocycles. The van der Waals surface area contributed by atoms with Crippen LogP contribution in [0.1, 0.15) is 42.4 Å². The van der Waals surface area contributed by atoms with Crippen molar-refractivity contribution in [2.75, 3.05) is 14.2 Å². The first-order valence-electron chi connectivity index (χ1n) is 11.5. The lowest BCUT2D eigenvalue weighted by Gasteiger charge is -2.42. The highest BCUT2D eigenvalue weighted by molar-refractivity contribution is 6.14. The van der Waals surface area contributed by atoms with Crippen molar-refractivity contribution in [1.29, 1.82) is 0 Å². The predicted octanol–water partition coefficient (Wildman–Crippen LogP) is 5.33. The first-order valence-corrected chi connectivity index (χ1v) is 11.5. The van der Waals surface area contributed by atoms with Crippen LogP contribution >= 0.6 is 0 Å². The fourth-order valence-corrected chi connectivity index (χ4v) is 5.18. The molecule has 1 fully saturated rings. The van der Waals surface area contributed by atoms with E-state index in [1.54, 1.807) is 0 Å². The highest BCUT2D eigenvalue weighted by Gasteiger charge is 2.65. The van der Waals surface area contributed by atoms with Crippen LogP contribution in [-0.2, 0) is 24.6 Å². The Balaban J connectivity index is 2.13. The number of rotatable bonds is 7. The lowest BCUT2D eigenvalue weighted by atomic mass is 9.64. The molecule has 0 bridgehead atoms. The van der Waals surface area contributed by atoms with Crippen molar-refractivity contribution in [3.63, 3.8) is 0 Å². The summed E-state index contributed by atoms with van der Waals surface area (Å²) in [5, 5.41) is 0. The summed E-state index contributed by atoms with van der Waals surface area (Å²) in [6, 6.07) is 28.7. The van der Waals surface area contributed by atoms with E-state index in [1.807, 2.05) is 91.0 Å². The zero-order valence-corrected chi connectivity index (χ0v) is 19.6. The maximum absolute atomic E-state index is 13.9. The van der Waals surface area contributed by atoms with E-state index in [2.05, 4.69) is 0 Å². The van der Waals surface area contributed by atoms with Crippen molar-refractivity contribution in [2.45, 2.75) is 31.2 Å². The van der Waals surface area contributed by atoms with Gasteiger partial charge in [0.25, 0.3) is 0 Å². The maximum Gasteiger partial charge on any atom is 0.339 e. The van der Waals surface area contributed by atoms with Gasteiger partial charge in [0.15, 0.2) is 5.54 Å². The molecule has 0 heterocycles. The third-order valence-corrected chi connectivity index (χ3v) is 6.77. The Kier molecular flexibility index (Phi) is 6.92. The molecule has 0 unspecified atom stereocenters. The van der Waals surface area contributed by atoms with Gasteiger partial charge in [-0.15, -0.1) is 0 Å². The molecule has 0 amide bonds. The van der Waals surface area contributed by atoms with E-state index in [9.17, 15) is 9.59 Å². The highest BCUT2D eigenvalue weighted by Crippen LogP contribution is 2.55. The van der Waals surface area contributed by atoms with Crippen LogP contribution < -0.4 is 0 Å². The van der Waals surface area contributed by atoms with Crippen molar-refractivity contribution in [3.8, 4) is 0 Å². The Morgan fingerprint density at radius 3 is 1.65 bits per heavy atom. The third kappa shape index (κ3) is 3.92. The monoisotopic (exact) mass is 455 g/mol. The van der Waals surface area contributed by atoms with Crippen molar-refractivity contribution < 1.29 is 19.1 Å². The lowest BCUT2D eigenvalue weighted by Crippen LogP contribution is -2.55. The van der Waals surface area contributed by atoms with E-state index >= 15 is 0 Å². The van der Waals surface area contributed by atoms with Crippen LogP contribution in [0.25, 0.3) is 0 Å². The molecule has 5 nitrogen and oxygen atoms in total. The summed E-state index contributed by atoms with van der Waals surface area (Å²) in [6.45, 7) is 0. The van der Waals surface area contributed by atoms with E-state index < -0.39 is 22.9 Å². The summed E-state index contributed by atoms with van der Waals surface area (Å²) in [5.74, 6) is -1.01. The molecule has 4 rings (SSSR count). The van der Waals surface area contributed by atoms with Gasteiger partial charge >= 0.3 is 11.9 Å². The molecule has 1 aliphatic rings. The Morgan fingerprint density at radius 2 is 1.21 bits per heavy atom. The Bertz CT molecular complexity index is 1110. The van der Waals surface area contributed by atoms with Gasteiger partial charge < -0.3 is 9.47 Å². The number of esters is 2. The number of nitrogens with zero attached hydrogens (tertiary/aromatic N) is 1. The molecule has 1 atom stereocenters. The molecule has 1 saturated carbocycles. The summed E-state index contributed by atoms with van der Waals surface area (Å²) in [5.41, 5.74) is 0.106. The molecule has 1 aliphatic carbocycles. The molecular formula is C29H29NO4. The van der Waals surface area contributed by atoms with Gasteiger partial charge in [0.1, 0.15) is 5.41 Å². The normalized spacial score (nSPS) is 16.2. The molecular weight excluding hydrogens is 426 g/mol. The number of carbonyl (C=O) groups excluding carboxylic acids is 2. The van der Waals surface area contributed by atoms with Crippen LogP contribution in [0.3, 0.4) is 0 Å². The molecule has 0 aromatic heterocycles. The topological polar surface area (TPSA) is 65.0 Å². The van der Waals surface area contributed by atoms with Gasteiger partial charge in [-0.3, -0.25) is 9.79 Å². The number of benzene rings is 3. The Labute approximate surface area is 200 Å². The maximum atomic E-state index is 13.9. The van der Waals surface area contributed by atoms with Crippen LogP contribution in [-0.4, -0.2) is 31.9 Å². The molecule has 0 N–H and O–H groups in total. The van der Waals surface area contributed by atoms with Gasteiger partial charge in [0.2, 0.25) is 0 Å². The van der Waals surface area contributed by atoms with E-state index in [0.717, 1.165) is 24.0 Å². The van der Waals surface area contributed by atoms with E-state index in [4.69, 9.17) is 14.5 Å². The van der Waals surface area contributed by atoms with Gasteiger partial charge in [-0.1, -0.05) is 104 Å². The molecule has 174 valence electrons. The summed E-state index contributed by atoms with van der Waals surface area (Å²) < 4.78 is 10.8. The minimum Gasteiger partial charge on any atom is -0.468 e. The summed E-state index contributed by atoms with van der Waals surface area (Å²) in [7, 11) is 2.72. The minimum absolute atomic E-state index is 0.441. The standard InChI is InChI=1S/C29H29NO4/c1-33-26(31)28(20-12-13-21-28)29(27(32)34-2,24-18-10-5-11-19-24)30-25(22-14-6-3-7-15-22)23-16-8-4-9-17-23/h3-11,14-19H,12-13,20-21H2,1-2H3/t29-/m1/s1. The van der Waals surface area contributed by atoms with Gasteiger partial charge in [-0.2, -0.15) is 0 Å². The second-order valence-electron chi connectivity index (χ2n) is 8.54. The highest BCUT2D eigenvalue weighted by atomic mass is 16.5. The van der Waals surface area contributed by atoms with Gasteiger partial charge in [-0.05, 0) is 18.4 Å². The molecule has 3 aromatic rings. The van der Waals surface area contributed by atoms with Crippen LogP contribution in [0.2, 0.25) is 0 Å². The SMILES string of the molecule is COC(=O)C1([C@](N=C(c2ccccc2)c2ccccc2)(C(=O)OC)c2ccccc2)CCCC1. The fraction of sp³-hybridized carbons (Fsp3) is 0.276. The second-order valence-corrected chi connectivity index (χ2v) is 8.54. The molecule has 0 radical (unpaired) electrons. The van der Waals surface area contributed by atoms with Crippen LogP contribution in [0.15, 0.2) is 96.0 Å². The zero-order valence-electron chi connectivity index (χ0n) is 19.6. The number of hydrogen-bond donors (Lipinski definition) is 0. The molecule has 0 saturated heterocycles. The van der Waals surface area contributed by atoms with E-state index in [-0.39, 0.29) is 0 Å². The van der Waals surface area contributed by atoms with Gasteiger partial charge in [-0.25, -0.2) is 4.79 Å². The minimum atomic E-state index is -1.62. The first kappa shape index (κ1) is 23.4. The third-order valence-electron chi connectivity index (χ3n) is 6.77. The smallest absolute Gasteiger partial charge is 0.339 e. The van der Waals surface area contributed by atoms with Gasteiger partial charge in [0.05, 0.1) is 19.9 Å². The largest absolute Gasteiger partial charge is 0.468 e. The fourth-order valence-electron chi connectivity index (χ4n) is 5.18. The number of methoxy groups -OCH3 is 2. The second kappa shape index (κ2) is 10.0. The molecule has 34 heavy (non-hydrogen) atoms. The predicted molar refractivity (Wildman–Crippen MR) is 132 cm³/mol. The van der Waals surface area contributed by atoms with Crippen molar-refractivity contribution in [2.24, 2.45) is 10.4 Å². The first-order chi connectivity index (χ1) is 16.6. The zero-order chi connectivity index (χ0) is 24.0. The molecule has 0 spiro atoms. The quantitative estimate of drug-likeness (QED) is 0.357. The Hall–Kier alpha value is -3.73. The summed E-state index contributed by atoms with van der Waals surface area (Å²) in [4.78, 5) is 32.7. The van der Waals surface area contributed by atoms with E-state index in [1.165, 1.54) is 14.2 Å². The molecule has 5 heteroatoms. The van der Waals surface area contributed by atoms with E-state index in [0.29, 0.717) is 24.1 Å². The van der Waals surface area contributed by atoms with Crippen LogP contribution in [0, 0.1) is 5.41 Å². The average molecular weight is 456 g/mol. The lowest BCUT2D eigenvalue weighted by molar-refractivity contribution is -0.169. The Morgan fingerprint density at radius 1 is 0.735 bits per heavy atom. The van der Waals surface area contributed by atoms with Crippen molar-refractivity contribution in [3.05, 3.63) is 108 Å². The number of ether oxygens (including phenoxy) is 2. The summed E-state index contributed by atoms with van der Waals surface area (Å²) >= 11 is 0. The van der Waals surface area contributed by atoms with Crippen molar-refractivity contribution in [1.82, 2.24) is 0 Å². The van der Waals surface area contributed by atoms with Crippen LogP contribution in [0.5, 0.6) is 0 Å². The number of hydrogen-bond acceptors (Lipinski definition) is 5. The average Bonchev–Trinajstić information content (AvgIpc) is 3.41.